The molecule has 0 bridgehead atoms. The topological polar surface area (TPSA) is 47.3 Å². The van der Waals surface area contributed by atoms with E-state index in [-0.39, 0.29) is 6.61 Å². The maximum absolute atomic E-state index is 10.5. The maximum Gasteiger partial charge on any atom is 0.122 e. The lowest BCUT2D eigenvalue weighted by Crippen LogP contribution is -2.24. The lowest BCUT2D eigenvalue weighted by molar-refractivity contribution is 0.0924. The summed E-state index contributed by atoms with van der Waals surface area (Å²) in [5.74, 6) is 1.85. The first-order valence-corrected chi connectivity index (χ1v) is 8.90. The predicted octanol–water partition coefficient (Wildman–Crippen LogP) is 4.05. The van der Waals surface area contributed by atoms with Crippen molar-refractivity contribution in [2.45, 2.75) is 46.3 Å². The molecule has 3 aromatic rings. The molecule has 0 amide bonds. The number of aliphatic hydroxyl groups excluding tert-OH is 1. The van der Waals surface area contributed by atoms with E-state index in [1.165, 1.54) is 5.56 Å². The normalized spacial score (nSPS) is 12.5. The zero-order valence-corrected chi connectivity index (χ0v) is 15.2. The van der Waals surface area contributed by atoms with E-state index in [2.05, 4.69) is 30.5 Å². The number of aromatic nitrogens is 2. The van der Waals surface area contributed by atoms with E-state index in [9.17, 15) is 5.11 Å². The largest absolute Gasteiger partial charge is 0.491 e. The van der Waals surface area contributed by atoms with Crippen molar-refractivity contribution in [3.63, 3.8) is 0 Å². The molecule has 2 aromatic carbocycles. The van der Waals surface area contributed by atoms with Crippen molar-refractivity contribution in [2.75, 3.05) is 6.61 Å². The van der Waals surface area contributed by atoms with Gasteiger partial charge in [0.25, 0.3) is 0 Å². The fourth-order valence-corrected chi connectivity index (χ4v) is 3.15. The maximum atomic E-state index is 10.5. The van der Waals surface area contributed by atoms with E-state index in [0.717, 1.165) is 41.0 Å². The van der Waals surface area contributed by atoms with Crippen LogP contribution in [0.3, 0.4) is 0 Å². The third kappa shape index (κ3) is 4.02. The number of aryl methyl sites for hydroxylation is 3. The molecule has 0 saturated carbocycles. The zero-order valence-electron chi connectivity index (χ0n) is 15.2. The van der Waals surface area contributed by atoms with Gasteiger partial charge in [0.15, 0.2) is 0 Å². The van der Waals surface area contributed by atoms with Crippen LogP contribution in [0.15, 0.2) is 42.5 Å². The predicted molar refractivity (Wildman–Crippen MR) is 101 cm³/mol. The fourth-order valence-electron chi connectivity index (χ4n) is 3.15. The molecular formula is C21H26N2O2. The van der Waals surface area contributed by atoms with Crippen molar-refractivity contribution >= 4 is 11.0 Å². The molecule has 0 fully saturated rings. The van der Waals surface area contributed by atoms with E-state index in [4.69, 9.17) is 9.72 Å². The van der Waals surface area contributed by atoms with Crippen LogP contribution in [0.5, 0.6) is 5.75 Å². The molecule has 0 saturated heterocycles. The molecule has 0 aliphatic carbocycles. The molecule has 0 unspecified atom stereocenters. The van der Waals surface area contributed by atoms with Gasteiger partial charge >= 0.3 is 0 Å². The van der Waals surface area contributed by atoms with E-state index in [1.807, 2.05) is 37.3 Å². The van der Waals surface area contributed by atoms with E-state index < -0.39 is 6.10 Å². The number of fused-ring (bicyclic) bond motifs is 1. The van der Waals surface area contributed by atoms with Gasteiger partial charge in [-0.2, -0.15) is 0 Å². The van der Waals surface area contributed by atoms with Crippen molar-refractivity contribution in [1.29, 1.82) is 0 Å². The Morgan fingerprint density at radius 1 is 1.16 bits per heavy atom. The molecule has 1 N–H and O–H groups in total. The lowest BCUT2D eigenvalue weighted by atomic mass is 10.1. The Balaban J connectivity index is 1.73. The van der Waals surface area contributed by atoms with Gasteiger partial charge in [0.1, 0.15) is 24.3 Å². The van der Waals surface area contributed by atoms with Crippen molar-refractivity contribution in [3.05, 3.63) is 59.4 Å². The summed E-state index contributed by atoms with van der Waals surface area (Å²) in [5.41, 5.74) is 4.34. The zero-order chi connectivity index (χ0) is 17.8. The number of rotatable bonds is 7. The summed E-state index contributed by atoms with van der Waals surface area (Å²) < 4.78 is 7.95. The average Bonchev–Trinajstić information content (AvgIpc) is 2.92. The molecule has 3 rings (SSSR count). The molecule has 1 heterocycles. The number of ether oxygens (including phenoxy) is 1. The van der Waals surface area contributed by atoms with Gasteiger partial charge in [-0.3, -0.25) is 0 Å². The summed E-state index contributed by atoms with van der Waals surface area (Å²) in [5, 5.41) is 10.5. The number of hydrogen-bond acceptors (Lipinski definition) is 3. The van der Waals surface area contributed by atoms with Gasteiger partial charge in [-0.1, -0.05) is 36.8 Å². The Bertz CT molecular complexity index is 854. The van der Waals surface area contributed by atoms with Gasteiger partial charge in [-0.05, 0) is 44.0 Å². The minimum absolute atomic E-state index is 0.266. The van der Waals surface area contributed by atoms with Crippen molar-refractivity contribution in [1.82, 2.24) is 9.55 Å². The summed E-state index contributed by atoms with van der Waals surface area (Å²) in [4.78, 5) is 4.71. The number of imidazole rings is 1. The number of hydrogen-bond donors (Lipinski definition) is 1. The second-order valence-corrected chi connectivity index (χ2v) is 6.61. The number of nitrogens with zero attached hydrogens (tertiary/aromatic N) is 2. The summed E-state index contributed by atoms with van der Waals surface area (Å²) in [6.45, 7) is 6.98. The van der Waals surface area contributed by atoms with Gasteiger partial charge in [0, 0.05) is 6.42 Å². The first-order chi connectivity index (χ1) is 12.1. The fraction of sp³-hybridized carbons (Fsp3) is 0.381. The molecule has 132 valence electrons. The minimum Gasteiger partial charge on any atom is -0.491 e. The van der Waals surface area contributed by atoms with E-state index >= 15 is 0 Å². The summed E-state index contributed by atoms with van der Waals surface area (Å²) in [7, 11) is 0. The first kappa shape index (κ1) is 17.5. The van der Waals surface area contributed by atoms with Crippen LogP contribution in [0.2, 0.25) is 0 Å². The molecule has 4 heteroatoms. The molecule has 0 radical (unpaired) electrons. The second kappa shape index (κ2) is 7.70. The Hall–Kier alpha value is -2.33. The van der Waals surface area contributed by atoms with Gasteiger partial charge in [-0.15, -0.1) is 0 Å². The highest BCUT2D eigenvalue weighted by molar-refractivity contribution is 5.75. The Morgan fingerprint density at radius 2 is 1.96 bits per heavy atom. The highest BCUT2D eigenvalue weighted by Gasteiger charge is 2.14. The van der Waals surface area contributed by atoms with Crippen LogP contribution in [0.4, 0.5) is 0 Å². The van der Waals surface area contributed by atoms with Crippen LogP contribution < -0.4 is 4.74 Å². The van der Waals surface area contributed by atoms with Gasteiger partial charge in [-0.25, -0.2) is 4.98 Å². The summed E-state index contributed by atoms with van der Waals surface area (Å²) in [6, 6.07) is 14.2. The SMILES string of the molecule is CCCc1nc2ccccc2n1C[C@H](O)COc1ccc(C)cc1C. The van der Waals surface area contributed by atoms with Crippen LogP contribution in [0.25, 0.3) is 11.0 Å². The molecule has 1 atom stereocenters. The standard InChI is InChI=1S/C21H26N2O2/c1-4-7-21-22-18-8-5-6-9-19(18)23(21)13-17(24)14-25-20-11-10-15(2)12-16(20)3/h5-6,8-12,17,24H,4,7,13-14H2,1-3H3/t17-/m0/s1. The molecule has 1 aromatic heterocycles. The quantitative estimate of drug-likeness (QED) is 0.707. The third-order valence-corrected chi connectivity index (χ3v) is 4.36. The van der Waals surface area contributed by atoms with Crippen molar-refractivity contribution in [3.8, 4) is 5.75 Å². The number of benzene rings is 2. The van der Waals surface area contributed by atoms with Crippen LogP contribution in [0, 0.1) is 13.8 Å². The first-order valence-electron chi connectivity index (χ1n) is 8.90. The molecule has 0 spiro atoms. The van der Waals surface area contributed by atoms with E-state index in [1.54, 1.807) is 0 Å². The average molecular weight is 338 g/mol. The van der Waals surface area contributed by atoms with Gasteiger partial charge < -0.3 is 14.4 Å². The highest BCUT2D eigenvalue weighted by Crippen LogP contribution is 2.20. The number of aliphatic hydroxyl groups is 1. The van der Waals surface area contributed by atoms with Gasteiger partial charge in [0.05, 0.1) is 17.6 Å². The minimum atomic E-state index is -0.589. The molecule has 0 aliphatic heterocycles. The van der Waals surface area contributed by atoms with Crippen LogP contribution >= 0.6 is 0 Å². The molecule has 0 aliphatic rings. The van der Waals surface area contributed by atoms with Crippen molar-refractivity contribution in [2.24, 2.45) is 0 Å². The monoisotopic (exact) mass is 338 g/mol. The smallest absolute Gasteiger partial charge is 0.122 e. The van der Waals surface area contributed by atoms with Crippen LogP contribution in [-0.2, 0) is 13.0 Å². The molecular weight excluding hydrogens is 312 g/mol. The summed E-state index contributed by atoms with van der Waals surface area (Å²) >= 11 is 0. The second-order valence-electron chi connectivity index (χ2n) is 6.61. The van der Waals surface area contributed by atoms with Gasteiger partial charge in [0.2, 0.25) is 0 Å². The highest BCUT2D eigenvalue weighted by atomic mass is 16.5. The Morgan fingerprint density at radius 3 is 2.72 bits per heavy atom. The van der Waals surface area contributed by atoms with Crippen molar-refractivity contribution < 1.29 is 9.84 Å². The molecule has 4 nitrogen and oxygen atoms in total. The molecule has 25 heavy (non-hydrogen) atoms. The summed E-state index contributed by atoms with van der Waals surface area (Å²) in [6.07, 6.45) is 1.34. The van der Waals surface area contributed by atoms with Crippen LogP contribution in [0.1, 0.15) is 30.3 Å². The van der Waals surface area contributed by atoms with E-state index in [0.29, 0.717) is 6.54 Å². The Kier molecular flexibility index (Phi) is 5.39. The Labute approximate surface area is 149 Å². The lowest BCUT2D eigenvalue weighted by Gasteiger charge is -2.16. The third-order valence-electron chi connectivity index (χ3n) is 4.36. The van der Waals surface area contributed by atoms with Crippen LogP contribution in [-0.4, -0.2) is 27.4 Å². The number of para-hydroxylation sites is 2.